The van der Waals surface area contributed by atoms with Crippen molar-refractivity contribution in [3.63, 3.8) is 0 Å². The number of nitrogens with zero attached hydrogens (tertiary/aromatic N) is 1. The van der Waals surface area contributed by atoms with Gasteiger partial charge in [-0.2, -0.15) is 5.06 Å². The smallest absolute Gasteiger partial charge is 0.131 e. The molecule has 2 nitrogen and oxygen atoms in total. The number of benzene rings is 1. The quantitative estimate of drug-likeness (QED) is 0.727. The molecule has 1 aliphatic heterocycles. The van der Waals surface area contributed by atoms with Crippen LogP contribution in [0.15, 0.2) is 40.1 Å². The lowest BCUT2D eigenvalue weighted by molar-refractivity contribution is -0.0606. The van der Waals surface area contributed by atoms with E-state index in [9.17, 15) is 0 Å². The minimum absolute atomic E-state index is 0.0162. The molecule has 3 heteroatoms. The SMILES string of the molecule is C#CN1OC(C)=C(C)C1c1cccc(Br)c1. The Labute approximate surface area is 104 Å². The molecule has 82 valence electrons. The largest absolute Gasteiger partial charge is 0.376 e. The van der Waals surface area contributed by atoms with Gasteiger partial charge in [-0.25, -0.2) is 0 Å². The second-order valence-electron chi connectivity index (χ2n) is 3.74. The van der Waals surface area contributed by atoms with Crippen LogP contribution >= 0.6 is 15.9 Å². The first-order valence-electron chi connectivity index (χ1n) is 4.99. The average molecular weight is 278 g/mol. The molecule has 0 fully saturated rings. The van der Waals surface area contributed by atoms with Crippen molar-refractivity contribution in [3.05, 3.63) is 45.6 Å². The first kappa shape index (κ1) is 11.1. The van der Waals surface area contributed by atoms with E-state index < -0.39 is 0 Å². The summed E-state index contributed by atoms with van der Waals surface area (Å²) in [4.78, 5) is 5.49. The van der Waals surface area contributed by atoms with E-state index in [2.05, 4.69) is 28.0 Å². The minimum Gasteiger partial charge on any atom is -0.376 e. The van der Waals surface area contributed by atoms with Gasteiger partial charge in [-0.1, -0.05) is 34.5 Å². The summed E-state index contributed by atoms with van der Waals surface area (Å²) in [5, 5.41) is 1.55. The van der Waals surface area contributed by atoms with E-state index in [0.29, 0.717) is 0 Å². The molecule has 2 rings (SSSR count). The summed E-state index contributed by atoms with van der Waals surface area (Å²) in [6.07, 6.45) is 5.44. The zero-order chi connectivity index (χ0) is 11.7. The standard InChI is InChI=1S/C13H12BrNO/c1-4-15-13(9(2)10(3)16-15)11-6-5-7-12(14)8-11/h1,5-8,13H,2-3H3. The van der Waals surface area contributed by atoms with Crippen LogP contribution < -0.4 is 0 Å². The van der Waals surface area contributed by atoms with Gasteiger partial charge in [0.1, 0.15) is 11.8 Å². The van der Waals surface area contributed by atoms with Crippen LogP contribution in [0.1, 0.15) is 25.5 Å². The van der Waals surface area contributed by atoms with E-state index in [0.717, 1.165) is 21.4 Å². The van der Waals surface area contributed by atoms with Gasteiger partial charge in [0.2, 0.25) is 0 Å². The lowest BCUT2D eigenvalue weighted by atomic mass is 10.00. The number of hydrogen-bond donors (Lipinski definition) is 0. The molecular formula is C13H12BrNO. The van der Waals surface area contributed by atoms with Gasteiger partial charge in [0.25, 0.3) is 0 Å². The second-order valence-corrected chi connectivity index (χ2v) is 4.66. The van der Waals surface area contributed by atoms with Crippen LogP contribution in [-0.4, -0.2) is 5.06 Å². The molecule has 1 aromatic carbocycles. The minimum atomic E-state index is 0.0162. The molecule has 0 aliphatic carbocycles. The monoisotopic (exact) mass is 277 g/mol. The van der Waals surface area contributed by atoms with Crippen molar-refractivity contribution < 1.29 is 4.84 Å². The highest BCUT2D eigenvalue weighted by molar-refractivity contribution is 9.10. The molecule has 0 radical (unpaired) electrons. The van der Waals surface area contributed by atoms with Crippen molar-refractivity contribution in [1.82, 2.24) is 5.06 Å². The number of hydroxylamine groups is 2. The van der Waals surface area contributed by atoms with Crippen LogP contribution in [0.25, 0.3) is 0 Å². The van der Waals surface area contributed by atoms with E-state index in [1.165, 1.54) is 0 Å². The highest BCUT2D eigenvalue weighted by atomic mass is 79.9. The van der Waals surface area contributed by atoms with Gasteiger partial charge in [0.05, 0.1) is 0 Å². The first-order chi connectivity index (χ1) is 7.63. The van der Waals surface area contributed by atoms with Gasteiger partial charge < -0.3 is 4.84 Å². The average Bonchev–Trinajstić information content (AvgIpc) is 2.55. The van der Waals surface area contributed by atoms with Crippen molar-refractivity contribution in [2.24, 2.45) is 0 Å². The Morgan fingerprint density at radius 1 is 1.44 bits per heavy atom. The van der Waals surface area contributed by atoms with Gasteiger partial charge in [-0.15, -0.1) is 0 Å². The number of allylic oxidation sites excluding steroid dienone is 1. The predicted octanol–water partition coefficient (Wildman–Crippen LogP) is 3.62. The van der Waals surface area contributed by atoms with E-state index in [1.807, 2.05) is 32.0 Å². The third kappa shape index (κ3) is 1.81. The maximum Gasteiger partial charge on any atom is 0.131 e. The molecule has 1 aliphatic rings. The second kappa shape index (κ2) is 4.23. The molecule has 1 atom stereocenters. The van der Waals surface area contributed by atoms with Crippen molar-refractivity contribution in [2.75, 3.05) is 0 Å². The van der Waals surface area contributed by atoms with Crippen molar-refractivity contribution >= 4 is 15.9 Å². The summed E-state index contributed by atoms with van der Waals surface area (Å²) in [6, 6.07) is 10.7. The summed E-state index contributed by atoms with van der Waals surface area (Å²) >= 11 is 3.46. The zero-order valence-electron chi connectivity index (χ0n) is 9.20. The fourth-order valence-electron chi connectivity index (χ4n) is 1.80. The molecule has 1 heterocycles. The van der Waals surface area contributed by atoms with Crippen LogP contribution in [0.3, 0.4) is 0 Å². The topological polar surface area (TPSA) is 12.5 Å². The molecule has 0 aromatic heterocycles. The Kier molecular flexibility index (Phi) is 2.93. The van der Waals surface area contributed by atoms with Crippen LogP contribution in [0.4, 0.5) is 0 Å². The fourth-order valence-corrected chi connectivity index (χ4v) is 2.22. The van der Waals surface area contributed by atoms with Gasteiger partial charge in [0.15, 0.2) is 0 Å². The number of rotatable bonds is 1. The molecule has 0 saturated heterocycles. The van der Waals surface area contributed by atoms with E-state index in [-0.39, 0.29) is 6.04 Å². The third-order valence-electron chi connectivity index (χ3n) is 2.73. The molecule has 16 heavy (non-hydrogen) atoms. The molecule has 0 saturated carbocycles. The Morgan fingerprint density at radius 2 is 2.19 bits per heavy atom. The van der Waals surface area contributed by atoms with Gasteiger partial charge in [0, 0.05) is 10.5 Å². The summed E-state index contributed by atoms with van der Waals surface area (Å²) in [6.45, 7) is 3.97. The summed E-state index contributed by atoms with van der Waals surface area (Å²) in [7, 11) is 0. The van der Waals surface area contributed by atoms with Crippen LogP contribution in [-0.2, 0) is 4.84 Å². The maximum atomic E-state index is 5.49. The zero-order valence-corrected chi connectivity index (χ0v) is 10.8. The van der Waals surface area contributed by atoms with Crippen LogP contribution in [0.5, 0.6) is 0 Å². The lowest BCUT2D eigenvalue weighted by Gasteiger charge is -2.20. The Bertz CT molecular complexity index is 487. The highest BCUT2D eigenvalue weighted by Gasteiger charge is 2.30. The summed E-state index contributed by atoms with van der Waals surface area (Å²) in [5.41, 5.74) is 2.28. The van der Waals surface area contributed by atoms with Gasteiger partial charge in [-0.3, -0.25) is 0 Å². The van der Waals surface area contributed by atoms with Crippen LogP contribution in [0.2, 0.25) is 0 Å². The summed E-state index contributed by atoms with van der Waals surface area (Å²) < 4.78 is 1.04. The van der Waals surface area contributed by atoms with E-state index in [1.54, 1.807) is 5.06 Å². The third-order valence-corrected chi connectivity index (χ3v) is 3.22. The number of hydrogen-bond acceptors (Lipinski definition) is 2. The fraction of sp³-hybridized carbons (Fsp3) is 0.231. The number of terminal acetylenes is 1. The Balaban J connectivity index is 2.43. The molecule has 0 spiro atoms. The van der Waals surface area contributed by atoms with Gasteiger partial charge >= 0.3 is 0 Å². The normalized spacial score (nSPS) is 19.6. The van der Waals surface area contributed by atoms with Crippen molar-refractivity contribution in [2.45, 2.75) is 19.9 Å². The predicted molar refractivity (Wildman–Crippen MR) is 67.0 cm³/mol. The first-order valence-corrected chi connectivity index (χ1v) is 5.79. The molecule has 0 amide bonds. The number of halogens is 1. The summed E-state index contributed by atoms with van der Waals surface area (Å²) in [5.74, 6) is 0.878. The highest BCUT2D eigenvalue weighted by Crippen LogP contribution is 2.37. The molecule has 1 aromatic rings. The van der Waals surface area contributed by atoms with Gasteiger partial charge in [-0.05, 0) is 37.1 Å². The van der Waals surface area contributed by atoms with Crippen molar-refractivity contribution in [3.8, 4) is 12.5 Å². The maximum absolute atomic E-state index is 5.49. The van der Waals surface area contributed by atoms with E-state index in [4.69, 9.17) is 11.3 Å². The molecular weight excluding hydrogens is 266 g/mol. The molecule has 0 N–H and O–H groups in total. The Hall–Kier alpha value is -1.40. The van der Waals surface area contributed by atoms with Crippen LogP contribution in [0, 0.1) is 12.5 Å². The lowest BCUT2D eigenvalue weighted by Crippen LogP contribution is -2.18. The molecule has 0 bridgehead atoms. The Morgan fingerprint density at radius 3 is 2.81 bits per heavy atom. The van der Waals surface area contributed by atoms with Crippen molar-refractivity contribution in [1.29, 1.82) is 0 Å². The van der Waals surface area contributed by atoms with E-state index >= 15 is 0 Å². The molecule has 1 unspecified atom stereocenters.